The predicted octanol–water partition coefficient (Wildman–Crippen LogP) is 0.0833. The fourth-order valence-electron chi connectivity index (χ4n) is 2.68. The van der Waals surface area contributed by atoms with Crippen LogP contribution in [0, 0.1) is 5.82 Å². The van der Waals surface area contributed by atoms with Crippen molar-refractivity contribution in [2.75, 3.05) is 0 Å². The third-order valence-electron chi connectivity index (χ3n) is 3.71. The Morgan fingerprint density at radius 2 is 1.71 bits per heavy atom. The van der Waals surface area contributed by atoms with E-state index < -0.39 is 41.4 Å². The molecule has 7 heteroatoms. The molecular weight excluding hydrogens is 279 g/mol. The zero-order valence-corrected chi connectivity index (χ0v) is 10.8. The molecule has 0 radical (unpaired) electrons. The minimum Gasteiger partial charge on any atom is -0.295 e. The average Bonchev–Trinajstić information content (AvgIpc) is 2.90. The molecule has 4 amide bonds. The van der Waals surface area contributed by atoms with Crippen LogP contribution in [-0.2, 0) is 19.2 Å². The van der Waals surface area contributed by atoms with Crippen LogP contribution in [0.5, 0.6) is 0 Å². The lowest BCUT2D eigenvalue weighted by Gasteiger charge is -2.19. The number of amides is 4. The molecule has 0 aliphatic carbocycles. The van der Waals surface area contributed by atoms with Crippen LogP contribution in [0.4, 0.5) is 4.39 Å². The lowest BCUT2D eigenvalue weighted by atomic mass is 9.97. The largest absolute Gasteiger partial charge is 0.295 e. The van der Waals surface area contributed by atoms with Gasteiger partial charge < -0.3 is 0 Å². The summed E-state index contributed by atoms with van der Waals surface area (Å²) in [6.45, 7) is 0. The van der Waals surface area contributed by atoms with Crippen LogP contribution in [-0.4, -0.2) is 34.6 Å². The monoisotopic (exact) mass is 290 g/mol. The highest BCUT2D eigenvalue weighted by Gasteiger charge is 2.48. The molecule has 2 atom stereocenters. The molecule has 6 nitrogen and oxygen atoms in total. The third kappa shape index (κ3) is 2.20. The smallest absolute Gasteiger partial charge is 0.250 e. The van der Waals surface area contributed by atoms with E-state index in [1.54, 1.807) is 0 Å². The predicted molar refractivity (Wildman–Crippen MR) is 67.2 cm³/mol. The quantitative estimate of drug-likeness (QED) is 0.782. The van der Waals surface area contributed by atoms with Gasteiger partial charge in [-0.05, 0) is 17.7 Å². The molecular formula is C14H11FN2O4. The second-order valence-corrected chi connectivity index (χ2v) is 5.04. The molecule has 0 aromatic heterocycles. The van der Waals surface area contributed by atoms with Crippen LogP contribution in [0.15, 0.2) is 24.3 Å². The maximum Gasteiger partial charge on any atom is 0.250 e. The molecule has 2 unspecified atom stereocenters. The molecule has 3 rings (SSSR count). The van der Waals surface area contributed by atoms with Crippen molar-refractivity contribution < 1.29 is 23.6 Å². The highest BCUT2D eigenvalue weighted by Crippen LogP contribution is 2.32. The molecule has 2 aliphatic rings. The maximum atomic E-state index is 12.9. The Bertz CT molecular complexity index is 655. The van der Waals surface area contributed by atoms with Crippen molar-refractivity contribution in [3.8, 4) is 0 Å². The lowest BCUT2D eigenvalue weighted by molar-refractivity contribution is -0.145. The second kappa shape index (κ2) is 4.76. The van der Waals surface area contributed by atoms with Crippen LogP contribution < -0.4 is 5.32 Å². The van der Waals surface area contributed by atoms with Gasteiger partial charge >= 0.3 is 0 Å². The van der Waals surface area contributed by atoms with E-state index in [1.807, 2.05) is 0 Å². The Kier molecular flexibility index (Phi) is 3.04. The number of hydrogen-bond acceptors (Lipinski definition) is 4. The molecule has 1 N–H and O–H groups in total. The van der Waals surface area contributed by atoms with Crippen molar-refractivity contribution in [1.82, 2.24) is 10.2 Å². The number of hydrogen-bond donors (Lipinski definition) is 1. The Morgan fingerprint density at radius 3 is 2.29 bits per heavy atom. The highest BCUT2D eigenvalue weighted by molar-refractivity contribution is 6.13. The standard InChI is InChI=1S/C14H11FN2O4/c15-8-3-1-7(2-4-8)9-5-12(19)17(14(9)21)10-6-11(18)16-13(10)20/h1-4,9-10H,5-6H2,(H,16,18,20). The fraction of sp³-hybridized carbons (Fsp3) is 0.286. The Labute approximate surface area is 118 Å². The summed E-state index contributed by atoms with van der Waals surface area (Å²) in [4.78, 5) is 48.1. The molecule has 1 aromatic carbocycles. The Hall–Kier alpha value is -2.57. The van der Waals surface area contributed by atoms with E-state index in [-0.39, 0.29) is 12.8 Å². The molecule has 2 fully saturated rings. The van der Waals surface area contributed by atoms with E-state index in [0.717, 1.165) is 4.90 Å². The number of nitrogens with one attached hydrogen (secondary N) is 1. The van der Waals surface area contributed by atoms with Crippen molar-refractivity contribution in [1.29, 1.82) is 0 Å². The first-order valence-corrected chi connectivity index (χ1v) is 6.42. The van der Waals surface area contributed by atoms with E-state index >= 15 is 0 Å². The van der Waals surface area contributed by atoms with E-state index in [0.29, 0.717) is 5.56 Å². The molecule has 2 aliphatic heterocycles. The summed E-state index contributed by atoms with van der Waals surface area (Å²) >= 11 is 0. The highest BCUT2D eigenvalue weighted by atomic mass is 19.1. The van der Waals surface area contributed by atoms with Crippen molar-refractivity contribution >= 4 is 23.6 Å². The zero-order chi connectivity index (χ0) is 15.1. The van der Waals surface area contributed by atoms with E-state index in [1.165, 1.54) is 24.3 Å². The Morgan fingerprint density at radius 1 is 1.05 bits per heavy atom. The molecule has 0 spiro atoms. The van der Waals surface area contributed by atoms with E-state index in [4.69, 9.17) is 0 Å². The van der Waals surface area contributed by atoms with Crippen molar-refractivity contribution in [3.05, 3.63) is 35.6 Å². The van der Waals surface area contributed by atoms with Gasteiger partial charge in [-0.2, -0.15) is 0 Å². The van der Waals surface area contributed by atoms with Gasteiger partial charge in [-0.1, -0.05) is 12.1 Å². The molecule has 108 valence electrons. The van der Waals surface area contributed by atoms with Crippen molar-refractivity contribution in [2.45, 2.75) is 24.8 Å². The van der Waals surface area contributed by atoms with Gasteiger partial charge in [0.05, 0.1) is 12.3 Å². The van der Waals surface area contributed by atoms with Crippen LogP contribution in [0.1, 0.15) is 24.3 Å². The number of imide groups is 2. The summed E-state index contributed by atoms with van der Waals surface area (Å²) in [5.74, 6) is -3.34. The van der Waals surface area contributed by atoms with Gasteiger partial charge in [-0.25, -0.2) is 4.39 Å². The number of carbonyl (C=O) groups is 4. The van der Waals surface area contributed by atoms with Gasteiger partial charge in [0.25, 0.3) is 0 Å². The van der Waals surface area contributed by atoms with Crippen LogP contribution in [0.3, 0.4) is 0 Å². The fourth-order valence-corrected chi connectivity index (χ4v) is 2.68. The molecule has 21 heavy (non-hydrogen) atoms. The summed E-state index contributed by atoms with van der Waals surface area (Å²) < 4.78 is 12.9. The van der Waals surface area contributed by atoms with Gasteiger partial charge in [-0.3, -0.25) is 29.4 Å². The summed E-state index contributed by atoms with van der Waals surface area (Å²) in [6, 6.07) is 4.23. The van der Waals surface area contributed by atoms with E-state index in [2.05, 4.69) is 5.32 Å². The first-order valence-electron chi connectivity index (χ1n) is 6.42. The molecule has 0 saturated carbocycles. The van der Waals surface area contributed by atoms with Gasteiger partial charge in [0.1, 0.15) is 11.9 Å². The zero-order valence-electron chi connectivity index (χ0n) is 10.8. The van der Waals surface area contributed by atoms with Gasteiger partial charge in [0.15, 0.2) is 0 Å². The van der Waals surface area contributed by atoms with Crippen molar-refractivity contribution in [2.24, 2.45) is 0 Å². The van der Waals surface area contributed by atoms with Crippen LogP contribution in [0.25, 0.3) is 0 Å². The van der Waals surface area contributed by atoms with Gasteiger partial charge in [0, 0.05) is 6.42 Å². The first-order chi connectivity index (χ1) is 9.97. The first kappa shape index (κ1) is 13.4. The van der Waals surface area contributed by atoms with E-state index in [9.17, 15) is 23.6 Å². The SMILES string of the molecule is O=C1CC(N2C(=O)CC(c3ccc(F)cc3)C2=O)C(=O)N1. The van der Waals surface area contributed by atoms with Gasteiger partial charge in [0.2, 0.25) is 23.6 Å². The van der Waals surface area contributed by atoms with Crippen molar-refractivity contribution in [3.63, 3.8) is 0 Å². The number of likely N-dealkylation sites (tertiary alicyclic amines) is 1. The molecule has 0 bridgehead atoms. The average molecular weight is 290 g/mol. The topological polar surface area (TPSA) is 83.6 Å². The minimum atomic E-state index is -1.07. The normalized spacial score (nSPS) is 25.7. The number of carbonyl (C=O) groups excluding carboxylic acids is 4. The summed E-state index contributed by atoms with van der Waals surface area (Å²) in [5.41, 5.74) is 0.516. The maximum absolute atomic E-state index is 12.9. The van der Waals surface area contributed by atoms with Crippen LogP contribution >= 0.6 is 0 Å². The lowest BCUT2D eigenvalue weighted by Crippen LogP contribution is -2.44. The summed E-state index contributed by atoms with van der Waals surface area (Å²) in [6.07, 6.45) is -0.283. The van der Waals surface area contributed by atoms with Gasteiger partial charge in [-0.15, -0.1) is 0 Å². The number of rotatable bonds is 2. The minimum absolute atomic E-state index is 0.0809. The molecule has 2 heterocycles. The summed E-state index contributed by atoms with van der Waals surface area (Å²) in [5, 5.41) is 2.07. The number of halogens is 1. The summed E-state index contributed by atoms with van der Waals surface area (Å²) in [7, 11) is 0. The molecule has 2 saturated heterocycles. The number of nitrogens with zero attached hydrogens (tertiary/aromatic N) is 1. The third-order valence-corrected chi connectivity index (χ3v) is 3.71. The number of benzene rings is 1. The second-order valence-electron chi connectivity index (χ2n) is 5.04. The van der Waals surface area contributed by atoms with Crippen LogP contribution in [0.2, 0.25) is 0 Å². The molecule has 1 aromatic rings. The Balaban J connectivity index is 1.87.